The number of amides is 3. The number of pyridine rings is 1. The lowest BCUT2D eigenvalue weighted by Crippen LogP contribution is -2.38. The van der Waals surface area contributed by atoms with Gasteiger partial charge in [-0.25, -0.2) is 4.79 Å². The molecule has 0 spiro atoms. The number of benzene rings is 2. The number of carbonyl (C=O) groups excluding carboxylic acids is 2. The molecule has 11 nitrogen and oxygen atoms in total. The molecule has 4 N–H and O–H groups in total. The van der Waals surface area contributed by atoms with Crippen molar-refractivity contribution in [2.45, 2.75) is 6.92 Å². The minimum absolute atomic E-state index is 0.240. The van der Waals surface area contributed by atoms with Gasteiger partial charge in [0.1, 0.15) is 29.5 Å². The fourth-order valence-electron chi connectivity index (χ4n) is 3.77. The summed E-state index contributed by atoms with van der Waals surface area (Å²) in [6.07, 6.45) is 1.49. The van der Waals surface area contributed by atoms with Gasteiger partial charge in [0.15, 0.2) is 0 Å². The molecule has 1 saturated heterocycles. The number of hydrogen-bond acceptors (Lipinski definition) is 8. The van der Waals surface area contributed by atoms with E-state index in [2.05, 4.69) is 31.4 Å². The smallest absolute Gasteiger partial charge is 0.337 e. The highest BCUT2D eigenvalue weighted by molar-refractivity contribution is 6.31. The van der Waals surface area contributed by atoms with E-state index in [1.54, 1.807) is 48.5 Å². The number of halogens is 1. The highest BCUT2D eigenvalue weighted by Crippen LogP contribution is 2.31. The molecule has 0 radical (unpaired) electrons. The first kappa shape index (κ1) is 28.0. The van der Waals surface area contributed by atoms with Crippen LogP contribution in [0.1, 0.15) is 16.1 Å². The summed E-state index contributed by atoms with van der Waals surface area (Å²) in [6.45, 7) is 6.20. The van der Waals surface area contributed by atoms with E-state index in [9.17, 15) is 9.59 Å². The molecule has 12 heteroatoms. The predicted octanol–water partition coefficient (Wildman–Crippen LogP) is 4.05. The molecular formula is C27H31ClN6O5. The maximum Gasteiger partial charge on any atom is 0.337 e. The lowest BCUT2D eigenvalue weighted by molar-refractivity contribution is 0.0323. The molecule has 3 amide bonds. The van der Waals surface area contributed by atoms with Crippen LogP contribution in [0.4, 0.5) is 16.2 Å². The lowest BCUT2D eigenvalue weighted by Gasteiger charge is -2.26. The number of rotatable bonds is 10. The van der Waals surface area contributed by atoms with Crippen LogP contribution in [0.2, 0.25) is 5.02 Å². The van der Waals surface area contributed by atoms with E-state index in [0.717, 1.165) is 25.2 Å². The molecule has 2 aromatic carbocycles. The number of anilines is 2. The van der Waals surface area contributed by atoms with Crippen LogP contribution in [0.15, 0.2) is 54.7 Å². The van der Waals surface area contributed by atoms with Crippen molar-refractivity contribution in [1.82, 2.24) is 20.6 Å². The Labute approximate surface area is 231 Å². The summed E-state index contributed by atoms with van der Waals surface area (Å²) in [5.41, 5.74) is 7.60. The van der Waals surface area contributed by atoms with E-state index < -0.39 is 6.03 Å². The number of urea groups is 1. The molecule has 1 fully saturated rings. The van der Waals surface area contributed by atoms with Gasteiger partial charge in [-0.3, -0.25) is 25.5 Å². The van der Waals surface area contributed by atoms with Crippen molar-refractivity contribution in [2.75, 3.05) is 57.2 Å². The monoisotopic (exact) mass is 554 g/mol. The SMILES string of the molecule is CNC(=O)c1cc(Oc2cccc(NNC(=O)Nc3cc(C)c(Cl)cc3OCCN3CCOCC3)c2)ccn1. The van der Waals surface area contributed by atoms with Crippen LogP contribution in [0.3, 0.4) is 0 Å². The molecule has 0 saturated carbocycles. The molecule has 3 aromatic rings. The van der Waals surface area contributed by atoms with Crippen LogP contribution in [-0.4, -0.2) is 68.3 Å². The Bertz CT molecular complexity index is 1300. The zero-order valence-electron chi connectivity index (χ0n) is 21.8. The number of nitrogens with zero attached hydrogens (tertiary/aromatic N) is 2. The Hall–Kier alpha value is -4.06. The summed E-state index contributed by atoms with van der Waals surface area (Å²) in [7, 11) is 1.53. The minimum atomic E-state index is -0.495. The number of nitrogens with one attached hydrogen (secondary N) is 4. The third-order valence-corrected chi connectivity index (χ3v) is 6.27. The Morgan fingerprint density at radius 3 is 2.69 bits per heavy atom. The second kappa shape index (κ2) is 13.7. The van der Waals surface area contributed by atoms with Gasteiger partial charge >= 0.3 is 6.03 Å². The zero-order chi connectivity index (χ0) is 27.6. The van der Waals surface area contributed by atoms with Crippen molar-refractivity contribution in [3.63, 3.8) is 0 Å². The molecule has 1 aromatic heterocycles. The molecule has 0 bridgehead atoms. The summed E-state index contributed by atoms with van der Waals surface area (Å²) >= 11 is 6.31. The van der Waals surface area contributed by atoms with Gasteiger partial charge in [0.2, 0.25) is 0 Å². The van der Waals surface area contributed by atoms with Crippen LogP contribution in [0, 0.1) is 6.92 Å². The predicted molar refractivity (Wildman–Crippen MR) is 149 cm³/mol. The van der Waals surface area contributed by atoms with E-state index in [1.165, 1.54) is 13.2 Å². The molecule has 1 aliphatic heterocycles. The first-order valence-corrected chi connectivity index (χ1v) is 12.8. The third kappa shape index (κ3) is 8.21. The van der Waals surface area contributed by atoms with Crippen LogP contribution in [0.5, 0.6) is 17.2 Å². The molecule has 0 aliphatic carbocycles. The van der Waals surface area contributed by atoms with E-state index in [1.807, 2.05) is 6.92 Å². The molecule has 1 aliphatic rings. The first-order valence-electron chi connectivity index (χ1n) is 12.4. The summed E-state index contributed by atoms with van der Waals surface area (Å²) in [5, 5.41) is 5.88. The summed E-state index contributed by atoms with van der Waals surface area (Å²) in [4.78, 5) is 30.8. The van der Waals surface area contributed by atoms with E-state index >= 15 is 0 Å². The van der Waals surface area contributed by atoms with E-state index in [4.69, 9.17) is 25.8 Å². The highest BCUT2D eigenvalue weighted by atomic mass is 35.5. The molecule has 0 atom stereocenters. The number of hydrogen-bond donors (Lipinski definition) is 4. The first-order chi connectivity index (χ1) is 18.9. The largest absolute Gasteiger partial charge is 0.490 e. The molecule has 39 heavy (non-hydrogen) atoms. The number of morpholine rings is 1. The van der Waals surface area contributed by atoms with Gasteiger partial charge in [-0.1, -0.05) is 17.7 Å². The van der Waals surface area contributed by atoms with Gasteiger partial charge in [-0.2, -0.15) is 0 Å². The molecule has 0 unspecified atom stereocenters. The van der Waals surface area contributed by atoms with Crippen LogP contribution < -0.4 is 31.0 Å². The summed E-state index contributed by atoms with van der Waals surface area (Å²) < 4.78 is 17.2. The minimum Gasteiger partial charge on any atom is -0.490 e. The van der Waals surface area contributed by atoms with Gasteiger partial charge in [0, 0.05) is 56.1 Å². The van der Waals surface area contributed by atoms with Gasteiger partial charge in [-0.05, 0) is 36.8 Å². The Morgan fingerprint density at radius 2 is 1.90 bits per heavy atom. The second-order valence-electron chi connectivity index (χ2n) is 8.69. The number of carbonyl (C=O) groups is 2. The van der Waals surface area contributed by atoms with Crippen LogP contribution >= 0.6 is 11.6 Å². The summed E-state index contributed by atoms with van der Waals surface area (Å²) in [6, 6.07) is 13.1. The topological polar surface area (TPSA) is 126 Å². The quantitative estimate of drug-likeness (QED) is 0.276. The maximum absolute atomic E-state index is 12.7. The van der Waals surface area contributed by atoms with Gasteiger partial charge < -0.3 is 24.8 Å². The van der Waals surface area contributed by atoms with Crippen LogP contribution in [-0.2, 0) is 4.74 Å². The molecular weight excluding hydrogens is 524 g/mol. The van der Waals surface area contributed by atoms with Crippen LogP contribution in [0.25, 0.3) is 0 Å². The third-order valence-electron chi connectivity index (χ3n) is 5.86. The number of ether oxygens (including phenoxy) is 3. The van der Waals surface area contributed by atoms with E-state index in [0.29, 0.717) is 53.5 Å². The standard InChI is InChI=1S/C27H31ClN6O5/c1-18-14-23(25(17-22(18)28)38-13-10-34-8-11-37-12-9-34)31-27(36)33-32-19-4-3-5-20(15-19)39-21-6-7-30-24(16-21)26(35)29-2/h3-7,14-17,32H,8-13H2,1-2H3,(H,29,35)(H2,31,33,36). The fraction of sp³-hybridized carbons (Fsp3) is 0.296. The van der Waals surface area contributed by atoms with Crippen molar-refractivity contribution >= 4 is 34.9 Å². The zero-order valence-corrected chi connectivity index (χ0v) is 22.5. The molecule has 4 rings (SSSR count). The van der Waals surface area contributed by atoms with Gasteiger partial charge in [-0.15, -0.1) is 0 Å². The number of hydrazine groups is 1. The van der Waals surface area contributed by atoms with Crippen molar-refractivity contribution in [2.24, 2.45) is 0 Å². The molecule has 206 valence electrons. The Kier molecular flexibility index (Phi) is 9.79. The normalized spacial score (nSPS) is 13.3. The van der Waals surface area contributed by atoms with Gasteiger partial charge in [0.25, 0.3) is 5.91 Å². The number of aromatic nitrogens is 1. The van der Waals surface area contributed by atoms with Crippen molar-refractivity contribution in [3.8, 4) is 17.2 Å². The number of aryl methyl sites for hydroxylation is 1. The Balaban J connectivity index is 1.33. The second-order valence-corrected chi connectivity index (χ2v) is 9.10. The Morgan fingerprint density at radius 1 is 1.10 bits per heavy atom. The van der Waals surface area contributed by atoms with Crippen molar-refractivity contribution < 1.29 is 23.8 Å². The average molecular weight is 555 g/mol. The van der Waals surface area contributed by atoms with Crippen molar-refractivity contribution in [3.05, 3.63) is 71.0 Å². The van der Waals surface area contributed by atoms with E-state index in [-0.39, 0.29) is 11.6 Å². The van der Waals surface area contributed by atoms with Crippen molar-refractivity contribution in [1.29, 1.82) is 0 Å². The highest BCUT2D eigenvalue weighted by Gasteiger charge is 2.14. The van der Waals surface area contributed by atoms with Gasteiger partial charge in [0.05, 0.1) is 24.6 Å². The average Bonchev–Trinajstić information content (AvgIpc) is 2.95. The maximum atomic E-state index is 12.7. The summed E-state index contributed by atoms with van der Waals surface area (Å²) in [5.74, 6) is 1.12. The lowest BCUT2D eigenvalue weighted by atomic mass is 10.2. The fourth-order valence-corrected chi connectivity index (χ4v) is 3.93. The molecule has 2 heterocycles.